The van der Waals surface area contributed by atoms with Gasteiger partial charge in [-0.1, -0.05) is 18.2 Å². The van der Waals surface area contributed by atoms with Crippen molar-refractivity contribution in [3.05, 3.63) is 30.3 Å². The van der Waals surface area contributed by atoms with Crippen molar-refractivity contribution in [1.29, 1.82) is 0 Å². The molecule has 4 heteroatoms. The van der Waals surface area contributed by atoms with Gasteiger partial charge in [0.2, 0.25) is 0 Å². The molecule has 0 bridgehead atoms. The molecule has 1 aliphatic heterocycles. The quantitative estimate of drug-likeness (QED) is 0.733. The van der Waals surface area contributed by atoms with E-state index in [1.165, 1.54) is 5.06 Å². The van der Waals surface area contributed by atoms with Crippen LogP contribution in [0.5, 0.6) is 0 Å². The molecule has 0 radical (unpaired) electrons. The molecule has 80 valence electrons. The zero-order chi connectivity index (χ0) is 10.5. The molecule has 0 aromatic heterocycles. The number of nitrogens with zero attached hydrogens (tertiary/aromatic N) is 1. The first-order valence-electron chi connectivity index (χ1n) is 4.97. The minimum absolute atomic E-state index is 0.0568. The Bertz CT molecular complexity index is 323. The SMILES string of the molecule is O=C(CSc1ccccc1)N1CCCO1. The van der Waals surface area contributed by atoms with Gasteiger partial charge in [-0.2, -0.15) is 0 Å². The van der Waals surface area contributed by atoms with Crippen molar-refractivity contribution in [2.45, 2.75) is 11.3 Å². The molecule has 0 N–H and O–H groups in total. The molecule has 1 amide bonds. The van der Waals surface area contributed by atoms with Crippen LogP contribution in [0.2, 0.25) is 0 Å². The number of rotatable bonds is 3. The molecule has 1 aromatic carbocycles. The minimum Gasteiger partial charge on any atom is -0.272 e. The van der Waals surface area contributed by atoms with Crippen LogP contribution in [0.15, 0.2) is 35.2 Å². The van der Waals surface area contributed by atoms with Crippen LogP contribution in [-0.4, -0.2) is 29.9 Å². The van der Waals surface area contributed by atoms with Gasteiger partial charge < -0.3 is 0 Å². The Balaban J connectivity index is 1.80. The smallest absolute Gasteiger partial charge is 0.256 e. The van der Waals surface area contributed by atoms with Crippen molar-refractivity contribution in [3.63, 3.8) is 0 Å². The summed E-state index contributed by atoms with van der Waals surface area (Å²) in [6.07, 6.45) is 0.946. The number of benzene rings is 1. The van der Waals surface area contributed by atoms with E-state index in [9.17, 15) is 4.79 Å². The van der Waals surface area contributed by atoms with E-state index in [4.69, 9.17) is 4.84 Å². The summed E-state index contributed by atoms with van der Waals surface area (Å²) in [7, 11) is 0. The van der Waals surface area contributed by atoms with Crippen LogP contribution in [0, 0.1) is 0 Å². The van der Waals surface area contributed by atoms with E-state index >= 15 is 0 Å². The lowest BCUT2D eigenvalue weighted by Gasteiger charge is -2.12. The highest BCUT2D eigenvalue weighted by Crippen LogP contribution is 2.18. The number of hydrogen-bond donors (Lipinski definition) is 0. The van der Waals surface area contributed by atoms with E-state index in [-0.39, 0.29) is 5.91 Å². The van der Waals surface area contributed by atoms with Crippen molar-refractivity contribution in [1.82, 2.24) is 5.06 Å². The molecular weight excluding hydrogens is 210 g/mol. The zero-order valence-corrected chi connectivity index (χ0v) is 9.20. The van der Waals surface area contributed by atoms with E-state index in [2.05, 4.69) is 0 Å². The number of hydrogen-bond acceptors (Lipinski definition) is 3. The first-order valence-corrected chi connectivity index (χ1v) is 5.96. The lowest BCUT2D eigenvalue weighted by Crippen LogP contribution is -2.28. The average Bonchev–Trinajstić information content (AvgIpc) is 2.81. The largest absolute Gasteiger partial charge is 0.272 e. The zero-order valence-electron chi connectivity index (χ0n) is 8.39. The minimum atomic E-state index is 0.0568. The Morgan fingerprint density at radius 1 is 1.40 bits per heavy atom. The summed E-state index contributed by atoms with van der Waals surface area (Å²) in [5.41, 5.74) is 0. The molecule has 0 unspecified atom stereocenters. The highest BCUT2D eigenvalue weighted by atomic mass is 32.2. The van der Waals surface area contributed by atoms with Crippen molar-refractivity contribution in [2.75, 3.05) is 18.9 Å². The maximum atomic E-state index is 11.6. The van der Waals surface area contributed by atoms with Crippen molar-refractivity contribution in [3.8, 4) is 0 Å². The maximum absolute atomic E-state index is 11.6. The molecule has 3 nitrogen and oxygen atoms in total. The molecular formula is C11H13NO2S. The monoisotopic (exact) mass is 223 g/mol. The molecule has 1 aliphatic rings. The van der Waals surface area contributed by atoms with Gasteiger partial charge in [-0.25, -0.2) is 5.06 Å². The molecule has 2 rings (SSSR count). The standard InChI is InChI=1S/C11H13NO2S/c13-11(12-7-4-8-14-12)9-15-10-5-2-1-3-6-10/h1-3,5-6H,4,7-9H2. The van der Waals surface area contributed by atoms with Crippen LogP contribution < -0.4 is 0 Å². The predicted molar refractivity (Wildman–Crippen MR) is 59.4 cm³/mol. The van der Waals surface area contributed by atoms with Gasteiger partial charge in [0.05, 0.1) is 18.9 Å². The summed E-state index contributed by atoms with van der Waals surface area (Å²) >= 11 is 1.54. The highest BCUT2D eigenvalue weighted by Gasteiger charge is 2.18. The van der Waals surface area contributed by atoms with Crippen LogP contribution in [0.4, 0.5) is 0 Å². The van der Waals surface area contributed by atoms with Gasteiger partial charge >= 0.3 is 0 Å². The molecule has 0 saturated carbocycles. The Morgan fingerprint density at radius 3 is 2.87 bits per heavy atom. The second-order valence-corrected chi connectivity index (χ2v) is 4.33. The van der Waals surface area contributed by atoms with Crippen LogP contribution >= 0.6 is 11.8 Å². The highest BCUT2D eigenvalue weighted by molar-refractivity contribution is 8.00. The summed E-state index contributed by atoms with van der Waals surface area (Å²) in [6, 6.07) is 9.92. The lowest BCUT2D eigenvalue weighted by atomic mass is 10.4. The topological polar surface area (TPSA) is 29.5 Å². The van der Waals surface area contributed by atoms with E-state index in [1.807, 2.05) is 30.3 Å². The fourth-order valence-electron chi connectivity index (χ4n) is 1.38. The van der Waals surface area contributed by atoms with Gasteiger partial charge in [-0.05, 0) is 18.6 Å². The summed E-state index contributed by atoms with van der Waals surface area (Å²) in [4.78, 5) is 17.9. The Hall–Kier alpha value is -1.00. The Kier molecular flexibility index (Phi) is 3.64. The van der Waals surface area contributed by atoms with Gasteiger partial charge in [-0.3, -0.25) is 9.63 Å². The van der Waals surface area contributed by atoms with Crippen molar-refractivity contribution >= 4 is 17.7 Å². The molecule has 1 aromatic rings. The molecule has 1 heterocycles. The second kappa shape index (κ2) is 5.19. The number of carbonyl (C=O) groups is 1. The van der Waals surface area contributed by atoms with Crippen LogP contribution in [0.1, 0.15) is 6.42 Å². The summed E-state index contributed by atoms with van der Waals surface area (Å²) in [5, 5.41) is 1.47. The second-order valence-electron chi connectivity index (χ2n) is 3.28. The third-order valence-electron chi connectivity index (χ3n) is 2.14. The first kappa shape index (κ1) is 10.5. The first-order chi connectivity index (χ1) is 7.36. The number of thioether (sulfide) groups is 1. The lowest BCUT2D eigenvalue weighted by molar-refractivity contribution is -0.165. The Morgan fingerprint density at radius 2 is 2.20 bits per heavy atom. The van der Waals surface area contributed by atoms with E-state index in [0.717, 1.165) is 17.9 Å². The number of hydroxylamine groups is 2. The van der Waals surface area contributed by atoms with E-state index in [1.54, 1.807) is 11.8 Å². The van der Waals surface area contributed by atoms with E-state index in [0.29, 0.717) is 12.4 Å². The van der Waals surface area contributed by atoms with Gasteiger partial charge in [0.1, 0.15) is 0 Å². The summed E-state index contributed by atoms with van der Waals surface area (Å²) < 4.78 is 0. The predicted octanol–water partition coefficient (Wildman–Crippen LogP) is 1.94. The summed E-state index contributed by atoms with van der Waals surface area (Å²) in [5.74, 6) is 0.505. The molecule has 0 atom stereocenters. The third-order valence-corrected chi connectivity index (χ3v) is 3.13. The fourth-order valence-corrected chi connectivity index (χ4v) is 2.16. The molecule has 1 fully saturated rings. The van der Waals surface area contributed by atoms with Gasteiger partial charge in [0, 0.05) is 4.90 Å². The summed E-state index contributed by atoms with van der Waals surface area (Å²) in [6.45, 7) is 1.40. The fraction of sp³-hybridized carbons (Fsp3) is 0.364. The molecule has 15 heavy (non-hydrogen) atoms. The van der Waals surface area contributed by atoms with Crippen LogP contribution in [-0.2, 0) is 9.63 Å². The number of carbonyl (C=O) groups excluding carboxylic acids is 1. The van der Waals surface area contributed by atoms with Gasteiger partial charge in [-0.15, -0.1) is 11.8 Å². The average molecular weight is 223 g/mol. The molecule has 1 saturated heterocycles. The number of amides is 1. The Labute approximate surface area is 93.4 Å². The van der Waals surface area contributed by atoms with Crippen LogP contribution in [0.25, 0.3) is 0 Å². The molecule has 0 aliphatic carbocycles. The van der Waals surface area contributed by atoms with Crippen molar-refractivity contribution in [2.24, 2.45) is 0 Å². The van der Waals surface area contributed by atoms with Gasteiger partial charge in [0.15, 0.2) is 0 Å². The van der Waals surface area contributed by atoms with Crippen LogP contribution in [0.3, 0.4) is 0 Å². The maximum Gasteiger partial charge on any atom is 0.256 e. The molecule has 0 spiro atoms. The van der Waals surface area contributed by atoms with E-state index < -0.39 is 0 Å². The van der Waals surface area contributed by atoms with Gasteiger partial charge in [0.25, 0.3) is 5.91 Å². The third kappa shape index (κ3) is 2.97. The van der Waals surface area contributed by atoms with Crippen molar-refractivity contribution < 1.29 is 9.63 Å². The normalized spacial score (nSPS) is 15.6.